The zero-order valence-corrected chi connectivity index (χ0v) is 16.6. The molecular weight excluding hydrogens is 342 g/mol. The van der Waals surface area contributed by atoms with Gasteiger partial charge in [0.2, 0.25) is 0 Å². The number of aromatic nitrogens is 2. The second-order valence-corrected chi connectivity index (χ2v) is 7.39. The maximum absolute atomic E-state index is 11.7. The number of nitrogens with one attached hydrogen (secondary N) is 1. The SMILES string of the molecule is C=C(CCNC(=O)OC(C)(C)C)n1cc(C)nc1COCc1ccccc1. The molecule has 27 heavy (non-hydrogen) atoms. The van der Waals surface area contributed by atoms with E-state index in [0.29, 0.717) is 26.2 Å². The van der Waals surface area contributed by atoms with Crippen LogP contribution in [0.3, 0.4) is 0 Å². The number of alkyl carbamates (subject to hydrolysis) is 1. The number of ether oxygens (including phenoxy) is 2. The van der Waals surface area contributed by atoms with Crippen LogP contribution in [0.25, 0.3) is 5.70 Å². The number of rotatable bonds is 8. The summed E-state index contributed by atoms with van der Waals surface area (Å²) < 4.78 is 13.0. The fourth-order valence-corrected chi connectivity index (χ4v) is 2.50. The van der Waals surface area contributed by atoms with E-state index in [-0.39, 0.29) is 0 Å². The van der Waals surface area contributed by atoms with Gasteiger partial charge < -0.3 is 19.4 Å². The predicted octanol–water partition coefficient (Wildman–Crippen LogP) is 4.29. The molecule has 0 saturated heterocycles. The van der Waals surface area contributed by atoms with Crippen molar-refractivity contribution in [1.29, 1.82) is 0 Å². The van der Waals surface area contributed by atoms with Gasteiger partial charge in [-0.3, -0.25) is 0 Å². The van der Waals surface area contributed by atoms with Crippen molar-refractivity contribution in [2.75, 3.05) is 6.54 Å². The van der Waals surface area contributed by atoms with Crippen molar-refractivity contribution in [2.45, 2.75) is 52.9 Å². The van der Waals surface area contributed by atoms with Gasteiger partial charge in [0.25, 0.3) is 0 Å². The number of nitrogens with zero attached hydrogens (tertiary/aromatic N) is 2. The van der Waals surface area contributed by atoms with E-state index in [9.17, 15) is 4.79 Å². The predicted molar refractivity (Wildman–Crippen MR) is 106 cm³/mol. The number of benzene rings is 1. The summed E-state index contributed by atoms with van der Waals surface area (Å²) in [5, 5.41) is 2.74. The van der Waals surface area contributed by atoms with Crippen molar-refractivity contribution in [3.8, 4) is 0 Å². The quantitative estimate of drug-likeness (QED) is 0.752. The average Bonchev–Trinajstić information content (AvgIpc) is 2.95. The lowest BCUT2D eigenvalue weighted by molar-refractivity contribution is 0.0529. The molecule has 6 heteroatoms. The first-order valence-electron chi connectivity index (χ1n) is 9.06. The Labute approximate surface area is 161 Å². The van der Waals surface area contributed by atoms with E-state index in [0.717, 1.165) is 22.8 Å². The van der Waals surface area contributed by atoms with E-state index < -0.39 is 11.7 Å². The molecular formula is C21H29N3O3. The number of hydrogen-bond acceptors (Lipinski definition) is 4. The molecule has 146 valence electrons. The fourth-order valence-electron chi connectivity index (χ4n) is 2.50. The van der Waals surface area contributed by atoms with Crippen LogP contribution in [0.5, 0.6) is 0 Å². The largest absolute Gasteiger partial charge is 0.444 e. The van der Waals surface area contributed by atoms with E-state index in [1.165, 1.54) is 0 Å². The topological polar surface area (TPSA) is 65.4 Å². The molecule has 0 aliphatic rings. The first-order valence-corrected chi connectivity index (χ1v) is 9.06. The number of hydrogen-bond donors (Lipinski definition) is 1. The minimum Gasteiger partial charge on any atom is -0.444 e. The lowest BCUT2D eigenvalue weighted by Gasteiger charge is -2.20. The summed E-state index contributed by atoms with van der Waals surface area (Å²) in [5.41, 5.74) is 2.35. The Bertz CT molecular complexity index is 761. The van der Waals surface area contributed by atoms with Crippen LogP contribution >= 0.6 is 0 Å². The minimum atomic E-state index is -0.508. The molecule has 6 nitrogen and oxygen atoms in total. The summed E-state index contributed by atoms with van der Waals surface area (Å²) >= 11 is 0. The maximum atomic E-state index is 11.7. The Morgan fingerprint density at radius 2 is 1.93 bits per heavy atom. The van der Waals surface area contributed by atoms with Crippen LogP contribution in [0, 0.1) is 6.92 Å². The summed E-state index contributed by atoms with van der Waals surface area (Å²) in [7, 11) is 0. The van der Waals surface area contributed by atoms with Crippen LogP contribution in [0.4, 0.5) is 4.79 Å². The van der Waals surface area contributed by atoms with Crippen molar-refractivity contribution in [2.24, 2.45) is 0 Å². The third-order valence-electron chi connectivity index (χ3n) is 3.66. The zero-order chi connectivity index (χ0) is 19.9. The van der Waals surface area contributed by atoms with E-state index >= 15 is 0 Å². The standard InChI is InChI=1S/C21H29N3O3/c1-16-13-24(17(2)11-12-22-20(25)27-21(3,4)5)19(23-16)15-26-14-18-9-7-6-8-10-18/h6-10,13H,2,11-12,14-15H2,1,3-5H3,(H,22,25). The number of imidazole rings is 1. The van der Waals surface area contributed by atoms with Gasteiger partial charge in [-0.15, -0.1) is 0 Å². The van der Waals surface area contributed by atoms with Gasteiger partial charge in [-0.2, -0.15) is 0 Å². The molecule has 2 rings (SSSR count). The summed E-state index contributed by atoms with van der Waals surface area (Å²) in [5.74, 6) is 0.797. The van der Waals surface area contributed by atoms with Gasteiger partial charge in [-0.05, 0) is 33.3 Å². The average molecular weight is 371 g/mol. The molecule has 1 N–H and O–H groups in total. The molecule has 0 atom stereocenters. The van der Waals surface area contributed by atoms with E-state index in [1.54, 1.807) is 0 Å². The first kappa shape index (κ1) is 20.7. The maximum Gasteiger partial charge on any atom is 0.407 e. The molecule has 0 aliphatic heterocycles. The first-order chi connectivity index (χ1) is 12.7. The molecule has 1 amide bonds. The molecule has 2 aromatic rings. The highest BCUT2D eigenvalue weighted by Gasteiger charge is 2.16. The highest BCUT2D eigenvalue weighted by atomic mass is 16.6. The van der Waals surface area contributed by atoms with Crippen LogP contribution in [0.2, 0.25) is 0 Å². The Kier molecular flexibility index (Phi) is 7.19. The second-order valence-electron chi connectivity index (χ2n) is 7.39. The van der Waals surface area contributed by atoms with Gasteiger partial charge in [0.05, 0.1) is 12.3 Å². The fraction of sp³-hybridized carbons (Fsp3) is 0.429. The third-order valence-corrected chi connectivity index (χ3v) is 3.66. The molecule has 0 aliphatic carbocycles. The molecule has 1 aromatic carbocycles. The van der Waals surface area contributed by atoms with E-state index in [4.69, 9.17) is 9.47 Å². The van der Waals surface area contributed by atoms with Gasteiger partial charge in [0.1, 0.15) is 18.0 Å². The molecule has 1 aromatic heterocycles. The smallest absolute Gasteiger partial charge is 0.407 e. The van der Waals surface area contributed by atoms with Gasteiger partial charge in [-0.25, -0.2) is 9.78 Å². The lowest BCUT2D eigenvalue weighted by atomic mass is 10.2. The summed E-state index contributed by atoms with van der Waals surface area (Å²) in [6, 6.07) is 10.0. The zero-order valence-electron chi connectivity index (χ0n) is 16.6. The number of amides is 1. The van der Waals surface area contributed by atoms with Crippen LogP contribution in [-0.2, 0) is 22.7 Å². The Morgan fingerprint density at radius 3 is 2.59 bits per heavy atom. The van der Waals surface area contributed by atoms with Crippen molar-refractivity contribution in [3.63, 3.8) is 0 Å². The van der Waals surface area contributed by atoms with Crippen LogP contribution in [0.15, 0.2) is 43.1 Å². The van der Waals surface area contributed by atoms with Crippen LogP contribution < -0.4 is 5.32 Å². The number of carbonyl (C=O) groups excluding carboxylic acids is 1. The molecule has 0 fully saturated rings. The van der Waals surface area contributed by atoms with Crippen molar-refractivity contribution < 1.29 is 14.3 Å². The monoisotopic (exact) mass is 371 g/mol. The molecule has 0 bridgehead atoms. The molecule has 0 radical (unpaired) electrons. The van der Waals surface area contributed by atoms with Gasteiger partial charge in [0, 0.05) is 24.9 Å². The number of aryl methyl sites for hydroxylation is 1. The van der Waals surface area contributed by atoms with Crippen LogP contribution in [0.1, 0.15) is 44.3 Å². The Balaban J connectivity index is 1.84. The van der Waals surface area contributed by atoms with Gasteiger partial charge in [0.15, 0.2) is 0 Å². The molecule has 0 saturated carbocycles. The van der Waals surface area contributed by atoms with Gasteiger partial charge >= 0.3 is 6.09 Å². The highest BCUT2D eigenvalue weighted by Crippen LogP contribution is 2.14. The van der Waals surface area contributed by atoms with Crippen molar-refractivity contribution >= 4 is 11.8 Å². The molecule has 1 heterocycles. The summed E-state index contributed by atoms with van der Waals surface area (Å²) in [6.07, 6.45) is 2.08. The summed E-state index contributed by atoms with van der Waals surface area (Å²) in [6.45, 7) is 12.9. The highest BCUT2D eigenvalue weighted by molar-refractivity contribution is 5.67. The molecule has 0 unspecified atom stereocenters. The lowest BCUT2D eigenvalue weighted by Crippen LogP contribution is -2.33. The Morgan fingerprint density at radius 1 is 1.22 bits per heavy atom. The Hall–Kier alpha value is -2.60. The van der Waals surface area contributed by atoms with E-state index in [1.807, 2.05) is 68.8 Å². The third kappa shape index (κ3) is 7.27. The molecule has 0 spiro atoms. The van der Waals surface area contributed by atoms with Crippen LogP contribution in [-0.4, -0.2) is 27.8 Å². The number of carbonyl (C=O) groups is 1. The normalized spacial score (nSPS) is 11.3. The minimum absolute atomic E-state index is 0.390. The second kappa shape index (κ2) is 9.37. The van der Waals surface area contributed by atoms with Gasteiger partial charge in [-0.1, -0.05) is 36.9 Å². The summed E-state index contributed by atoms with van der Waals surface area (Å²) in [4.78, 5) is 16.2. The van der Waals surface area contributed by atoms with E-state index in [2.05, 4.69) is 16.9 Å². The van der Waals surface area contributed by atoms with Crippen molar-refractivity contribution in [1.82, 2.24) is 14.9 Å². The van der Waals surface area contributed by atoms with Crippen molar-refractivity contribution in [3.05, 3.63) is 60.2 Å².